The third-order valence-corrected chi connectivity index (χ3v) is 20.3. The van der Waals surface area contributed by atoms with Gasteiger partial charge in [0.15, 0.2) is 16.6 Å². The van der Waals surface area contributed by atoms with E-state index in [9.17, 15) is 9.59 Å². The van der Waals surface area contributed by atoms with Crippen LogP contribution >= 0.6 is 0 Å². The first kappa shape index (κ1) is 40.4. The Kier molecular flexibility index (Phi) is 14.1. The van der Waals surface area contributed by atoms with Gasteiger partial charge in [-0.3, -0.25) is 4.79 Å². The fraction of sp³-hybridized carbons (Fsp3) is 0.659. The summed E-state index contributed by atoms with van der Waals surface area (Å²) in [5, 5.41) is 0.196. The summed E-state index contributed by atoms with van der Waals surface area (Å²) in [6.07, 6.45) is 7.47. The molecule has 268 valence electrons. The molecule has 0 heterocycles. The van der Waals surface area contributed by atoms with Gasteiger partial charge in [-0.15, -0.1) is 0 Å². The fourth-order valence-electron chi connectivity index (χ4n) is 6.33. The van der Waals surface area contributed by atoms with Gasteiger partial charge in [0.05, 0.1) is 24.4 Å². The summed E-state index contributed by atoms with van der Waals surface area (Å²) in [7, 11) is -4.08. The maximum absolute atomic E-state index is 13.8. The van der Waals surface area contributed by atoms with E-state index in [1.807, 2.05) is 19.1 Å². The number of rotatable bonds is 16. The molecule has 48 heavy (non-hydrogen) atoms. The quantitative estimate of drug-likeness (QED) is 0.0994. The van der Waals surface area contributed by atoms with Gasteiger partial charge in [0.25, 0.3) is 0 Å². The van der Waals surface area contributed by atoms with Crippen molar-refractivity contribution in [3.63, 3.8) is 0 Å². The maximum Gasteiger partial charge on any atom is 0.338 e. The molecule has 1 aliphatic rings. The average Bonchev–Trinajstić information content (AvgIpc) is 3.29. The van der Waals surface area contributed by atoms with E-state index in [2.05, 4.69) is 105 Å². The van der Waals surface area contributed by atoms with Crippen molar-refractivity contribution in [2.24, 2.45) is 5.92 Å². The van der Waals surface area contributed by atoms with E-state index in [4.69, 9.17) is 13.6 Å². The zero-order valence-corrected chi connectivity index (χ0v) is 34.3. The van der Waals surface area contributed by atoms with E-state index in [0.29, 0.717) is 24.4 Å². The lowest BCUT2D eigenvalue weighted by Gasteiger charge is -2.40. The Morgan fingerprint density at radius 2 is 1.52 bits per heavy atom. The summed E-state index contributed by atoms with van der Waals surface area (Å²) >= 11 is 0. The molecule has 0 aromatic heterocycles. The first-order valence-electron chi connectivity index (χ1n) is 18.6. The number of aryl methyl sites for hydroxylation is 1. The third kappa shape index (κ3) is 10.5. The van der Waals surface area contributed by atoms with Gasteiger partial charge >= 0.3 is 5.97 Å². The second-order valence-electron chi connectivity index (χ2n) is 17.1. The second kappa shape index (κ2) is 16.8. The van der Waals surface area contributed by atoms with Gasteiger partial charge in [0.1, 0.15) is 5.78 Å². The largest absolute Gasteiger partial charge is 0.462 e. The van der Waals surface area contributed by atoms with Gasteiger partial charge in [-0.25, -0.2) is 4.79 Å². The number of carbonyl (C=O) groups excluding carboxylic acids is 2. The van der Waals surface area contributed by atoms with Crippen molar-refractivity contribution in [3.8, 4) is 0 Å². The van der Waals surface area contributed by atoms with Crippen molar-refractivity contribution in [3.05, 3.63) is 70.8 Å². The summed E-state index contributed by atoms with van der Waals surface area (Å²) in [5.41, 5.74) is 4.11. The van der Waals surface area contributed by atoms with Crippen LogP contribution in [0.4, 0.5) is 0 Å². The molecule has 3 rings (SSSR count). The average molecular weight is 695 g/mol. The SMILES string of the molecule is CCCCCC(O[Si](C)(C)C(C)(C)C)c1ccc([C@H]2[C@@H](O[Si](C)(C)C(C)(C)C)CC(=O)[C@@H]2CCCc2cccc(C(=O)OCC)c2)cc1. The Labute approximate surface area is 295 Å². The van der Waals surface area contributed by atoms with Gasteiger partial charge in [-0.2, -0.15) is 0 Å². The van der Waals surface area contributed by atoms with Gasteiger partial charge in [0, 0.05) is 18.3 Å². The predicted molar refractivity (Wildman–Crippen MR) is 205 cm³/mol. The highest BCUT2D eigenvalue weighted by Crippen LogP contribution is 2.47. The minimum atomic E-state index is -2.12. The summed E-state index contributed by atoms with van der Waals surface area (Å²) < 4.78 is 19.3. The smallest absolute Gasteiger partial charge is 0.338 e. The van der Waals surface area contributed by atoms with Crippen LogP contribution in [-0.4, -0.2) is 41.1 Å². The molecular weight excluding hydrogens is 629 g/mol. The van der Waals surface area contributed by atoms with Crippen molar-refractivity contribution in [1.82, 2.24) is 0 Å². The van der Waals surface area contributed by atoms with Gasteiger partial charge < -0.3 is 13.6 Å². The van der Waals surface area contributed by atoms with Crippen LogP contribution in [0.25, 0.3) is 0 Å². The molecule has 0 aliphatic heterocycles. The zero-order valence-electron chi connectivity index (χ0n) is 32.3. The molecule has 0 N–H and O–H groups in total. The molecule has 5 nitrogen and oxygen atoms in total. The van der Waals surface area contributed by atoms with E-state index in [1.54, 1.807) is 6.07 Å². The van der Waals surface area contributed by atoms with Crippen LogP contribution in [0.3, 0.4) is 0 Å². The Hall–Kier alpha value is -2.07. The molecule has 1 fully saturated rings. The van der Waals surface area contributed by atoms with Crippen LogP contribution in [0.1, 0.15) is 139 Å². The molecule has 2 aromatic carbocycles. The number of Topliss-reactive ketones (excluding diaryl/α,β-unsaturated/α-hetero) is 1. The number of carbonyl (C=O) groups is 2. The highest BCUT2D eigenvalue weighted by atomic mass is 28.4. The first-order chi connectivity index (χ1) is 22.3. The van der Waals surface area contributed by atoms with Crippen LogP contribution in [0.15, 0.2) is 48.5 Å². The molecule has 0 spiro atoms. The number of hydrogen-bond acceptors (Lipinski definition) is 5. The maximum atomic E-state index is 13.8. The van der Waals surface area contributed by atoms with Gasteiger partial charge in [0.2, 0.25) is 0 Å². The molecule has 2 aromatic rings. The topological polar surface area (TPSA) is 61.8 Å². The standard InChI is InChI=1S/C41H66O5Si2/c1-13-15-16-23-36(45-47(9,10)40(3,4)5)31-24-26-32(27-25-31)38-34(35(42)29-37(38)46-48(11,12)41(6,7)8)22-18-20-30-19-17-21-33(28-30)39(43)44-14-2/h17,19,21,24-28,34,36-38H,13-16,18,20,22-23,29H2,1-12H3/t34-,36?,37-,38+/m0/s1. The van der Waals surface area contributed by atoms with Crippen LogP contribution in [0.2, 0.25) is 36.3 Å². The van der Waals surface area contributed by atoms with E-state index < -0.39 is 16.6 Å². The molecule has 0 bridgehead atoms. The summed E-state index contributed by atoms with van der Waals surface area (Å²) in [6, 6.07) is 16.8. The predicted octanol–water partition coefficient (Wildman–Crippen LogP) is 11.6. The molecule has 1 saturated carbocycles. The Balaban J connectivity index is 1.90. The van der Waals surface area contributed by atoms with E-state index in [0.717, 1.165) is 37.7 Å². The van der Waals surface area contributed by atoms with Crippen LogP contribution in [0.5, 0.6) is 0 Å². The molecule has 1 aliphatic carbocycles. The van der Waals surface area contributed by atoms with E-state index >= 15 is 0 Å². The van der Waals surface area contributed by atoms with Crippen LogP contribution < -0.4 is 0 Å². The summed E-state index contributed by atoms with van der Waals surface area (Å²) in [4.78, 5) is 26.1. The normalized spacial score (nSPS) is 19.8. The molecule has 0 amide bonds. The number of benzene rings is 2. The Morgan fingerprint density at radius 1 is 0.875 bits per heavy atom. The number of hydrogen-bond donors (Lipinski definition) is 0. The Bertz CT molecular complexity index is 1340. The highest BCUT2D eigenvalue weighted by molar-refractivity contribution is 6.74. The lowest BCUT2D eigenvalue weighted by atomic mass is 9.83. The third-order valence-electron chi connectivity index (χ3n) is 11.3. The highest BCUT2D eigenvalue weighted by Gasteiger charge is 2.48. The number of esters is 1. The first-order valence-corrected chi connectivity index (χ1v) is 24.4. The summed E-state index contributed by atoms with van der Waals surface area (Å²) in [6.45, 7) is 27.4. The van der Waals surface area contributed by atoms with Crippen molar-refractivity contribution < 1.29 is 23.2 Å². The molecule has 7 heteroatoms. The van der Waals surface area contributed by atoms with E-state index in [-0.39, 0.29) is 40.1 Å². The molecule has 1 unspecified atom stereocenters. The van der Waals surface area contributed by atoms with Crippen molar-refractivity contribution in [2.75, 3.05) is 6.61 Å². The molecule has 0 radical (unpaired) electrons. The number of unbranched alkanes of at least 4 members (excludes halogenated alkanes) is 2. The lowest BCUT2D eigenvalue weighted by molar-refractivity contribution is -0.121. The fourth-order valence-corrected chi connectivity index (χ4v) is 8.99. The summed E-state index contributed by atoms with van der Waals surface area (Å²) in [5.74, 6) is -0.0531. The minimum Gasteiger partial charge on any atom is -0.462 e. The van der Waals surface area contributed by atoms with Gasteiger partial charge in [-0.05, 0) is 97.7 Å². The Morgan fingerprint density at radius 3 is 2.10 bits per heavy atom. The van der Waals surface area contributed by atoms with Gasteiger partial charge in [-0.1, -0.05) is 104 Å². The monoisotopic (exact) mass is 694 g/mol. The zero-order chi connectivity index (χ0) is 35.9. The second-order valence-corrected chi connectivity index (χ2v) is 26.6. The number of ether oxygens (including phenoxy) is 1. The van der Waals surface area contributed by atoms with Crippen LogP contribution in [-0.2, 0) is 24.8 Å². The van der Waals surface area contributed by atoms with Crippen LogP contribution in [0, 0.1) is 5.92 Å². The molecular formula is C41H66O5Si2. The number of ketones is 1. The minimum absolute atomic E-state index is 0.0198. The van der Waals surface area contributed by atoms with Crippen molar-refractivity contribution >= 4 is 28.4 Å². The lowest BCUT2D eigenvalue weighted by Crippen LogP contribution is -2.44. The molecule has 0 saturated heterocycles. The van der Waals surface area contributed by atoms with Crippen molar-refractivity contribution in [1.29, 1.82) is 0 Å². The van der Waals surface area contributed by atoms with Crippen molar-refractivity contribution in [2.45, 2.75) is 161 Å². The molecule has 4 atom stereocenters. The van der Waals surface area contributed by atoms with E-state index in [1.165, 1.54) is 24.0 Å².